The van der Waals surface area contributed by atoms with Crippen LogP contribution in [0.2, 0.25) is 0 Å². The van der Waals surface area contributed by atoms with Crippen LogP contribution in [0.4, 0.5) is 0 Å². The van der Waals surface area contributed by atoms with E-state index in [9.17, 15) is 4.79 Å². The lowest BCUT2D eigenvalue weighted by molar-refractivity contribution is -0.121. The molecule has 5 nitrogen and oxygen atoms in total. The van der Waals surface area contributed by atoms with Gasteiger partial charge in [0.25, 0.3) is 0 Å². The SMILES string of the molecule is Cc1cc(C)n(CCC(=O)NCCCN)n1. The van der Waals surface area contributed by atoms with Crippen LogP contribution in [0.1, 0.15) is 24.2 Å². The molecule has 1 heterocycles. The first-order valence-corrected chi connectivity index (χ1v) is 5.61. The topological polar surface area (TPSA) is 72.9 Å². The number of nitrogens with zero attached hydrogens (tertiary/aromatic N) is 2. The maximum atomic E-state index is 11.4. The standard InChI is InChI=1S/C11H20N4O/c1-9-8-10(2)15(14-9)7-4-11(16)13-6-3-5-12/h8H,3-7,12H2,1-2H3,(H,13,16). The van der Waals surface area contributed by atoms with Crippen LogP contribution < -0.4 is 11.1 Å². The number of hydrogen-bond acceptors (Lipinski definition) is 3. The zero-order chi connectivity index (χ0) is 12.0. The molecule has 0 bridgehead atoms. The van der Waals surface area contributed by atoms with Crippen LogP contribution in [0, 0.1) is 13.8 Å². The van der Waals surface area contributed by atoms with E-state index in [1.54, 1.807) is 0 Å². The Morgan fingerprint density at radius 2 is 2.31 bits per heavy atom. The molecular formula is C11H20N4O. The van der Waals surface area contributed by atoms with E-state index in [0.717, 1.165) is 17.8 Å². The van der Waals surface area contributed by atoms with Crippen molar-refractivity contribution in [3.05, 3.63) is 17.5 Å². The number of aromatic nitrogens is 2. The van der Waals surface area contributed by atoms with Crippen LogP contribution in [0.5, 0.6) is 0 Å². The summed E-state index contributed by atoms with van der Waals surface area (Å²) in [6.45, 7) is 5.84. The van der Waals surface area contributed by atoms with Gasteiger partial charge in [-0.2, -0.15) is 5.10 Å². The first kappa shape index (κ1) is 12.7. The zero-order valence-corrected chi connectivity index (χ0v) is 9.99. The Hall–Kier alpha value is -1.36. The van der Waals surface area contributed by atoms with Crippen molar-refractivity contribution >= 4 is 5.91 Å². The predicted molar refractivity (Wildman–Crippen MR) is 63.0 cm³/mol. The van der Waals surface area contributed by atoms with Gasteiger partial charge >= 0.3 is 0 Å². The predicted octanol–water partition coefficient (Wildman–Crippen LogP) is 0.355. The van der Waals surface area contributed by atoms with E-state index >= 15 is 0 Å². The fourth-order valence-corrected chi connectivity index (χ4v) is 1.53. The number of aryl methyl sites for hydroxylation is 3. The third kappa shape index (κ3) is 4.02. The Kier molecular flexibility index (Phi) is 4.98. The highest BCUT2D eigenvalue weighted by Crippen LogP contribution is 2.02. The lowest BCUT2D eigenvalue weighted by Gasteiger charge is -2.05. The fraction of sp³-hybridized carbons (Fsp3) is 0.636. The molecule has 0 radical (unpaired) electrons. The van der Waals surface area contributed by atoms with Gasteiger partial charge in [-0.1, -0.05) is 0 Å². The molecule has 0 fully saturated rings. The van der Waals surface area contributed by atoms with Crippen molar-refractivity contribution in [1.82, 2.24) is 15.1 Å². The van der Waals surface area contributed by atoms with Crippen molar-refractivity contribution in [3.8, 4) is 0 Å². The van der Waals surface area contributed by atoms with Crippen molar-refractivity contribution in [2.75, 3.05) is 13.1 Å². The molecule has 0 aliphatic heterocycles. The van der Waals surface area contributed by atoms with Crippen LogP contribution in [0.25, 0.3) is 0 Å². The van der Waals surface area contributed by atoms with Gasteiger partial charge in [-0.25, -0.2) is 0 Å². The van der Waals surface area contributed by atoms with E-state index in [2.05, 4.69) is 10.4 Å². The summed E-state index contributed by atoms with van der Waals surface area (Å²) in [6, 6.07) is 2.01. The third-order valence-corrected chi connectivity index (χ3v) is 2.36. The lowest BCUT2D eigenvalue weighted by atomic mass is 10.3. The summed E-state index contributed by atoms with van der Waals surface area (Å²) in [5.74, 6) is 0.0565. The molecule has 3 N–H and O–H groups in total. The van der Waals surface area contributed by atoms with E-state index in [1.807, 2.05) is 24.6 Å². The van der Waals surface area contributed by atoms with Gasteiger partial charge < -0.3 is 11.1 Å². The summed E-state index contributed by atoms with van der Waals surface area (Å²) < 4.78 is 1.86. The van der Waals surface area contributed by atoms with Gasteiger partial charge in [-0.15, -0.1) is 0 Å². The number of rotatable bonds is 6. The largest absolute Gasteiger partial charge is 0.356 e. The van der Waals surface area contributed by atoms with Crippen molar-refractivity contribution in [3.63, 3.8) is 0 Å². The number of nitrogens with one attached hydrogen (secondary N) is 1. The normalized spacial score (nSPS) is 10.4. The number of amides is 1. The number of hydrogen-bond donors (Lipinski definition) is 2. The number of nitrogens with two attached hydrogens (primary N) is 1. The fourth-order valence-electron chi connectivity index (χ4n) is 1.53. The summed E-state index contributed by atoms with van der Waals surface area (Å²) >= 11 is 0. The van der Waals surface area contributed by atoms with E-state index in [-0.39, 0.29) is 5.91 Å². The van der Waals surface area contributed by atoms with Crippen molar-refractivity contribution in [2.24, 2.45) is 5.73 Å². The highest BCUT2D eigenvalue weighted by atomic mass is 16.1. The van der Waals surface area contributed by atoms with Crippen LogP contribution >= 0.6 is 0 Å². The Bertz CT molecular complexity index is 346. The van der Waals surface area contributed by atoms with E-state index < -0.39 is 0 Å². The molecule has 90 valence electrons. The molecular weight excluding hydrogens is 204 g/mol. The second-order valence-electron chi connectivity index (χ2n) is 3.89. The summed E-state index contributed by atoms with van der Waals surface area (Å²) in [6.07, 6.45) is 1.29. The molecule has 1 aromatic rings. The molecule has 0 aromatic carbocycles. The molecule has 0 saturated carbocycles. The van der Waals surface area contributed by atoms with Crippen molar-refractivity contribution in [2.45, 2.75) is 33.2 Å². The highest BCUT2D eigenvalue weighted by Gasteiger charge is 2.04. The van der Waals surface area contributed by atoms with Crippen LogP contribution in [0.3, 0.4) is 0 Å². The number of carbonyl (C=O) groups is 1. The van der Waals surface area contributed by atoms with Gasteiger partial charge in [-0.05, 0) is 32.9 Å². The molecule has 0 spiro atoms. The summed E-state index contributed by atoms with van der Waals surface area (Å²) in [5, 5.41) is 7.12. The molecule has 1 aromatic heterocycles. The van der Waals surface area contributed by atoms with Crippen molar-refractivity contribution < 1.29 is 4.79 Å². The van der Waals surface area contributed by atoms with E-state index in [1.165, 1.54) is 0 Å². The van der Waals surface area contributed by atoms with Crippen LogP contribution in [-0.4, -0.2) is 28.8 Å². The molecule has 0 atom stereocenters. The summed E-state index contributed by atoms with van der Waals surface area (Å²) in [4.78, 5) is 11.4. The molecule has 0 saturated heterocycles. The van der Waals surface area contributed by atoms with Gasteiger partial charge in [0.2, 0.25) is 5.91 Å². The molecule has 1 rings (SSSR count). The van der Waals surface area contributed by atoms with Gasteiger partial charge in [0.1, 0.15) is 0 Å². The maximum Gasteiger partial charge on any atom is 0.221 e. The quantitative estimate of drug-likeness (QED) is 0.685. The van der Waals surface area contributed by atoms with Gasteiger partial charge in [0.15, 0.2) is 0 Å². The van der Waals surface area contributed by atoms with E-state index in [0.29, 0.717) is 26.1 Å². The van der Waals surface area contributed by atoms with Crippen LogP contribution in [0.15, 0.2) is 6.07 Å². The second kappa shape index (κ2) is 6.27. The molecule has 5 heteroatoms. The average molecular weight is 224 g/mol. The minimum absolute atomic E-state index is 0.0565. The smallest absolute Gasteiger partial charge is 0.221 e. The highest BCUT2D eigenvalue weighted by molar-refractivity contribution is 5.75. The Morgan fingerprint density at radius 1 is 1.56 bits per heavy atom. The third-order valence-electron chi connectivity index (χ3n) is 2.36. The second-order valence-corrected chi connectivity index (χ2v) is 3.89. The minimum atomic E-state index is 0.0565. The number of carbonyl (C=O) groups excluding carboxylic acids is 1. The average Bonchev–Trinajstić information content (AvgIpc) is 2.55. The summed E-state index contributed by atoms with van der Waals surface area (Å²) in [7, 11) is 0. The van der Waals surface area contributed by atoms with E-state index in [4.69, 9.17) is 5.73 Å². The zero-order valence-electron chi connectivity index (χ0n) is 9.99. The molecule has 0 aliphatic rings. The first-order valence-electron chi connectivity index (χ1n) is 5.61. The Morgan fingerprint density at radius 3 is 2.88 bits per heavy atom. The lowest BCUT2D eigenvalue weighted by Crippen LogP contribution is -2.27. The van der Waals surface area contributed by atoms with Crippen LogP contribution in [-0.2, 0) is 11.3 Å². The summed E-state index contributed by atoms with van der Waals surface area (Å²) in [5.41, 5.74) is 7.41. The first-order chi connectivity index (χ1) is 7.63. The Balaban J connectivity index is 2.29. The molecule has 1 amide bonds. The molecule has 0 aliphatic carbocycles. The molecule has 16 heavy (non-hydrogen) atoms. The van der Waals surface area contributed by atoms with Gasteiger partial charge in [-0.3, -0.25) is 9.48 Å². The van der Waals surface area contributed by atoms with Gasteiger partial charge in [0.05, 0.1) is 5.69 Å². The minimum Gasteiger partial charge on any atom is -0.356 e. The molecule has 0 unspecified atom stereocenters. The maximum absolute atomic E-state index is 11.4. The Labute approximate surface area is 96.0 Å². The van der Waals surface area contributed by atoms with Crippen molar-refractivity contribution in [1.29, 1.82) is 0 Å². The van der Waals surface area contributed by atoms with Gasteiger partial charge in [0, 0.05) is 25.2 Å². The monoisotopic (exact) mass is 224 g/mol.